The Morgan fingerprint density at radius 2 is 1.50 bits per heavy atom. The highest BCUT2D eigenvalue weighted by Crippen LogP contribution is 2.29. The molecule has 0 saturated carbocycles. The Bertz CT molecular complexity index is 1300. The quantitative estimate of drug-likeness (QED) is 0.358. The minimum absolute atomic E-state index is 0.0589. The van der Waals surface area contributed by atoms with Gasteiger partial charge in [0.2, 0.25) is 0 Å². The fraction of sp³-hybridized carbons (Fsp3) is 0.192. The molecule has 1 aliphatic rings. The summed E-state index contributed by atoms with van der Waals surface area (Å²) in [6, 6.07) is 15.7. The number of aryl methyl sites for hydroxylation is 4. The summed E-state index contributed by atoms with van der Waals surface area (Å²) < 4.78 is 2.17. The smallest absolute Gasteiger partial charge is 0.270 e. The number of para-hydroxylation sites is 2. The zero-order chi connectivity index (χ0) is 23.2. The van der Waals surface area contributed by atoms with E-state index in [1.54, 1.807) is 6.08 Å². The van der Waals surface area contributed by atoms with E-state index in [1.165, 1.54) is 4.90 Å². The van der Waals surface area contributed by atoms with Crippen LogP contribution in [0.2, 0.25) is 0 Å². The lowest BCUT2D eigenvalue weighted by atomic mass is 10.1. The van der Waals surface area contributed by atoms with Gasteiger partial charge in [0.1, 0.15) is 5.57 Å². The van der Waals surface area contributed by atoms with Crippen molar-refractivity contribution in [1.29, 1.82) is 0 Å². The van der Waals surface area contributed by atoms with E-state index in [1.807, 2.05) is 57.2 Å². The molecule has 0 radical (unpaired) electrons. The largest absolute Gasteiger partial charge is 0.317 e. The number of benzene rings is 2. The third kappa shape index (κ3) is 3.56. The predicted octanol–water partition coefficient (Wildman–Crippen LogP) is 4.85. The van der Waals surface area contributed by atoms with Crippen LogP contribution in [0.1, 0.15) is 33.6 Å². The minimum Gasteiger partial charge on any atom is -0.317 e. The normalized spacial score (nSPS) is 15.5. The van der Waals surface area contributed by atoms with E-state index < -0.39 is 11.8 Å². The third-order valence-corrected chi connectivity index (χ3v) is 6.18. The van der Waals surface area contributed by atoms with Gasteiger partial charge in [0.05, 0.1) is 11.4 Å². The van der Waals surface area contributed by atoms with Gasteiger partial charge in [0.25, 0.3) is 11.8 Å². The molecule has 5 nitrogen and oxygen atoms in total. The van der Waals surface area contributed by atoms with Gasteiger partial charge in [-0.15, -0.1) is 0 Å². The van der Waals surface area contributed by atoms with Gasteiger partial charge in [-0.3, -0.25) is 19.8 Å². The zero-order valence-electron chi connectivity index (χ0n) is 18.8. The van der Waals surface area contributed by atoms with E-state index in [-0.39, 0.29) is 10.7 Å². The summed E-state index contributed by atoms with van der Waals surface area (Å²) in [4.78, 5) is 27.5. The van der Waals surface area contributed by atoms with E-state index in [4.69, 9.17) is 12.2 Å². The fourth-order valence-corrected chi connectivity index (χ4v) is 4.56. The van der Waals surface area contributed by atoms with E-state index in [2.05, 4.69) is 35.9 Å². The Morgan fingerprint density at radius 1 is 0.875 bits per heavy atom. The number of carbonyl (C=O) groups is 2. The van der Waals surface area contributed by atoms with Crippen LogP contribution in [0.15, 0.2) is 54.1 Å². The number of hydrogen-bond donors (Lipinski definition) is 1. The molecule has 4 rings (SSSR count). The van der Waals surface area contributed by atoms with Crippen molar-refractivity contribution in [2.75, 3.05) is 4.90 Å². The number of nitrogens with zero attached hydrogens (tertiary/aromatic N) is 2. The number of aromatic nitrogens is 1. The zero-order valence-corrected chi connectivity index (χ0v) is 19.6. The van der Waals surface area contributed by atoms with Gasteiger partial charge in [0.15, 0.2) is 5.11 Å². The van der Waals surface area contributed by atoms with Crippen LogP contribution in [0.25, 0.3) is 11.8 Å². The molecular formula is C26H25N3O2S. The molecule has 0 atom stereocenters. The fourth-order valence-electron chi connectivity index (χ4n) is 4.28. The first-order valence-corrected chi connectivity index (χ1v) is 10.8. The SMILES string of the molecule is Cc1ccccc1N1C(=O)/C(=C/c2cc(C)n(-c3c(C)cccc3C)c2C)C(=O)NC1=S. The number of amides is 2. The maximum Gasteiger partial charge on any atom is 0.270 e. The molecule has 2 heterocycles. The second kappa shape index (κ2) is 8.20. The van der Waals surface area contributed by atoms with Crippen molar-refractivity contribution in [3.8, 4) is 5.69 Å². The number of nitrogens with one attached hydrogen (secondary N) is 1. The monoisotopic (exact) mass is 443 g/mol. The summed E-state index contributed by atoms with van der Waals surface area (Å²) in [7, 11) is 0. The number of thiocarbonyl (C=S) groups is 1. The first-order chi connectivity index (χ1) is 15.2. The van der Waals surface area contributed by atoms with Gasteiger partial charge in [0, 0.05) is 11.4 Å². The molecule has 1 aromatic heterocycles. The summed E-state index contributed by atoms with van der Waals surface area (Å²) in [5.74, 6) is -0.911. The molecule has 6 heteroatoms. The summed E-state index contributed by atoms with van der Waals surface area (Å²) in [5, 5.41) is 2.76. The first kappa shape index (κ1) is 21.7. The molecule has 1 aliphatic heterocycles. The van der Waals surface area contributed by atoms with Crippen molar-refractivity contribution < 1.29 is 9.59 Å². The second-order valence-electron chi connectivity index (χ2n) is 8.15. The molecule has 2 aromatic carbocycles. The minimum atomic E-state index is -0.485. The van der Waals surface area contributed by atoms with Crippen LogP contribution in [0.5, 0.6) is 0 Å². The average molecular weight is 444 g/mol. The van der Waals surface area contributed by atoms with Crippen molar-refractivity contribution >= 4 is 40.9 Å². The lowest BCUT2D eigenvalue weighted by Gasteiger charge is -2.30. The first-order valence-electron chi connectivity index (χ1n) is 10.4. The highest BCUT2D eigenvalue weighted by Gasteiger charge is 2.35. The molecule has 3 aromatic rings. The van der Waals surface area contributed by atoms with Crippen molar-refractivity contribution in [3.63, 3.8) is 0 Å². The predicted molar refractivity (Wildman–Crippen MR) is 132 cm³/mol. The standard InChI is InChI=1S/C26H25N3O2S/c1-15-9-6-7-12-22(15)29-25(31)21(24(30)27-26(29)32)14-20-13-18(4)28(19(20)5)23-16(2)10-8-11-17(23)3/h6-14H,1-5H3,(H,27,30,32)/b21-14+. The molecule has 2 amide bonds. The highest BCUT2D eigenvalue weighted by atomic mass is 32.1. The number of rotatable bonds is 3. The van der Waals surface area contributed by atoms with E-state index in [0.29, 0.717) is 5.69 Å². The second-order valence-corrected chi connectivity index (χ2v) is 8.53. The maximum atomic E-state index is 13.4. The summed E-state index contributed by atoms with van der Waals surface area (Å²) in [5.41, 5.74) is 7.87. The molecule has 1 saturated heterocycles. The Morgan fingerprint density at radius 3 is 2.16 bits per heavy atom. The number of anilines is 1. The van der Waals surface area contributed by atoms with E-state index in [0.717, 1.165) is 39.3 Å². The van der Waals surface area contributed by atoms with Crippen LogP contribution >= 0.6 is 12.2 Å². The topological polar surface area (TPSA) is 54.3 Å². The lowest BCUT2D eigenvalue weighted by molar-refractivity contribution is -0.122. The van der Waals surface area contributed by atoms with E-state index in [9.17, 15) is 9.59 Å². The van der Waals surface area contributed by atoms with Crippen LogP contribution in [-0.4, -0.2) is 21.5 Å². The number of hydrogen-bond acceptors (Lipinski definition) is 3. The summed E-state index contributed by atoms with van der Waals surface area (Å²) in [6.45, 7) is 10.1. The van der Waals surface area contributed by atoms with Crippen molar-refractivity contribution in [1.82, 2.24) is 9.88 Å². The van der Waals surface area contributed by atoms with Gasteiger partial charge < -0.3 is 4.57 Å². The van der Waals surface area contributed by atoms with Crippen LogP contribution in [0.3, 0.4) is 0 Å². The van der Waals surface area contributed by atoms with Gasteiger partial charge >= 0.3 is 0 Å². The molecule has 0 unspecified atom stereocenters. The Balaban J connectivity index is 1.82. The van der Waals surface area contributed by atoms with Crippen molar-refractivity contribution in [2.45, 2.75) is 34.6 Å². The van der Waals surface area contributed by atoms with Gasteiger partial charge in [-0.2, -0.15) is 0 Å². The Labute approximate surface area is 193 Å². The molecule has 0 aliphatic carbocycles. The molecule has 32 heavy (non-hydrogen) atoms. The van der Waals surface area contributed by atoms with Crippen molar-refractivity contribution in [3.05, 3.63) is 87.7 Å². The molecule has 1 N–H and O–H groups in total. The van der Waals surface area contributed by atoms with Crippen LogP contribution in [0.4, 0.5) is 5.69 Å². The molecular weight excluding hydrogens is 418 g/mol. The van der Waals surface area contributed by atoms with Gasteiger partial charge in [-0.05, 0) is 87.3 Å². The van der Waals surface area contributed by atoms with Gasteiger partial charge in [-0.1, -0.05) is 36.4 Å². The molecule has 0 bridgehead atoms. The summed E-state index contributed by atoms with van der Waals surface area (Å²) in [6.07, 6.45) is 1.66. The van der Waals surface area contributed by atoms with Crippen LogP contribution in [0, 0.1) is 34.6 Å². The number of carbonyl (C=O) groups excluding carboxylic acids is 2. The highest BCUT2D eigenvalue weighted by molar-refractivity contribution is 7.80. The molecule has 0 spiro atoms. The molecule has 162 valence electrons. The average Bonchev–Trinajstić information content (AvgIpc) is 3.00. The third-order valence-electron chi connectivity index (χ3n) is 5.89. The lowest BCUT2D eigenvalue weighted by Crippen LogP contribution is -2.54. The van der Waals surface area contributed by atoms with Crippen LogP contribution < -0.4 is 10.2 Å². The maximum absolute atomic E-state index is 13.4. The van der Waals surface area contributed by atoms with E-state index >= 15 is 0 Å². The molecule has 1 fully saturated rings. The Hall–Kier alpha value is -3.51. The van der Waals surface area contributed by atoms with Gasteiger partial charge in [-0.25, -0.2) is 0 Å². The van der Waals surface area contributed by atoms with Crippen LogP contribution in [-0.2, 0) is 9.59 Å². The summed E-state index contributed by atoms with van der Waals surface area (Å²) >= 11 is 5.33. The Kier molecular flexibility index (Phi) is 5.57. The van der Waals surface area contributed by atoms with Crippen molar-refractivity contribution in [2.24, 2.45) is 0 Å².